The molecule has 0 unspecified atom stereocenters. The first-order valence-electron chi connectivity index (χ1n) is 7.22. The molecule has 20 heavy (non-hydrogen) atoms. The molecule has 0 radical (unpaired) electrons. The highest BCUT2D eigenvalue weighted by Gasteiger charge is 2.54. The number of aryl methyl sites for hydroxylation is 1. The van der Waals surface area contributed by atoms with E-state index in [0.29, 0.717) is 12.5 Å². The van der Waals surface area contributed by atoms with Crippen LogP contribution in [0.5, 0.6) is 0 Å². The Balaban J connectivity index is 1.74. The van der Waals surface area contributed by atoms with Gasteiger partial charge in [0, 0.05) is 24.1 Å². The van der Waals surface area contributed by atoms with E-state index in [4.69, 9.17) is 0 Å². The molecule has 0 amide bonds. The second kappa shape index (κ2) is 5.15. The Morgan fingerprint density at radius 2 is 2.35 bits per heavy atom. The standard InChI is InChI=1S/C16H20BrNO2/c1-11-7-12(4-5-14(11)17)8-18-9-13-3-2-6-16(13,10-18)15(19)20/h4-5,7,13H,2-3,6,8-10H2,1H3,(H,19,20)/t13-,16+/m0/s1. The van der Waals surface area contributed by atoms with E-state index in [0.717, 1.165) is 36.8 Å². The van der Waals surface area contributed by atoms with E-state index >= 15 is 0 Å². The van der Waals surface area contributed by atoms with Crippen molar-refractivity contribution < 1.29 is 9.90 Å². The molecule has 108 valence electrons. The molecule has 1 N–H and O–H groups in total. The van der Waals surface area contributed by atoms with Gasteiger partial charge in [-0.2, -0.15) is 0 Å². The summed E-state index contributed by atoms with van der Waals surface area (Å²) in [4.78, 5) is 14.0. The van der Waals surface area contributed by atoms with Crippen molar-refractivity contribution in [1.82, 2.24) is 4.90 Å². The van der Waals surface area contributed by atoms with Gasteiger partial charge in [-0.1, -0.05) is 34.5 Å². The van der Waals surface area contributed by atoms with Crippen LogP contribution in [0.2, 0.25) is 0 Å². The van der Waals surface area contributed by atoms with Crippen LogP contribution in [0, 0.1) is 18.3 Å². The number of nitrogens with zero attached hydrogens (tertiary/aromatic N) is 1. The molecule has 4 heteroatoms. The number of carbonyl (C=O) groups is 1. The zero-order valence-electron chi connectivity index (χ0n) is 11.7. The molecule has 2 fully saturated rings. The summed E-state index contributed by atoms with van der Waals surface area (Å²) in [6.45, 7) is 4.59. The number of rotatable bonds is 3. The van der Waals surface area contributed by atoms with E-state index in [1.807, 2.05) is 0 Å². The van der Waals surface area contributed by atoms with Gasteiger partial charge in [0.25, 0.3) is 0 Å². The second-order valence-corrected chi connectivity index (χ2v) is 7.16. The first-order valence-corrected chi connectivity index (χ1v) is 8.01. The third kappa shape index (κ3) is 2.29. The number of halogens is 1. The quantitative estimate of drug-likeness (QED) is 0.918. The van der Waals surface area contributed by atoms with Crippen molar-refractivity contribution in [2.45, 2.75) is 32.7 Å². The molecule has 1 aliphatic carbocycles. The molecule has 0 aromatic heterocycles. The molecule has 2 aliphatic rings. The van der Waals surface area contributed by atoms with Gasteiger partial charge in [-0.05, 0) is 42.9 Å². The van der Waals surface area contributed by atoms with Crippen molar-refractivity contribution in [3.8, 4) is 0 Å². The molecule has 1 aromatic carbocycles. The van der Waals surface area contributed by atoms with Crippen molar-refractivity contribution in [3.05, 3.63) is 33.8 Å². The molecule has 1 saturated carbocycles. The molecule has 2 atom stereocenters. The third-order valence-corrected chi connectivity index (χ3v) is 5.89. The summed E-state index contributed by atoms with van der Waals surface area (Å²) in [6.07, 6.45) is 2.99. The van der Waals surface area contributed by atoms with Gasteiger partial charge in [-0.25, -0.2) is 0 Å². The van der Waals surface area contributed by atoms with Crippen LogP contribution in [-0.4, -0.2) is 29.1 Å². The number of hydrogen-bond acceptors (Lipinski definition) is 2. The van der Waals surface area contributed by atoms with Crippen LogP contribution in [0.4, 0.5) is 0 Å². The highest BCUT2D eigenvalue weighted by molar-refractivity contribution is 9.10. The maximum absolute atomic E-state index is 11.7. The van der Waals surface area contributed by atoms with E-state index in [1.165, 1.54) is 11.1 Å². The summed E-state index contributed by atoms with van der Waals surface area (Å²) in [5.74, 6) is -0.244. The largest absolute Gasteiger partial charge is 0.481 e. The van der Waals surface area contributed by atoms with Crippen molar-refractivity contribution in [3.63, 3.8) is 0 Å². The average Bonchev–Trinajstić information content (AvgIpc) is 2.91. The number of likely N-dealkylation sites (tertiary alicyclic amines) is 1. The fraction of sp³-hybridized carbons (Fsp3) is 0.562. The molecule has 1 aromatic rings. The van der Waals surface area contributed by atoms with Crippen molar-refractivity contribution in [2.24, 2.45) is 11.3 Å². The van der Waals surface area contributed by atoms with E-state index in [-0.39, 0.29) is 0 Å². The topological polar surface area (TPSA) is 40.5 Å². The van der Waals surface area contributed by atoms with E-state index in [2.05, 4.69) is 46.0 Å². The molecule has 3 nitrogen and oxygen atoms in total. The molecule has 0 spiro atoms. The fourth-order valence-electron chi connectivity index (χ4n) is 3.93. The van der Waals surface area contributed by atoms with Gasteiger partial charge in [-0.3, -0.25) is 9.69 Å². The molecular formula is C16H20BrNO2. The van der Waals surface area contributed by atoms with E-state index in [1.54, 1.807) is 0 Å². The maximum Gasteiger partial charge on any atom is 0.311 e. The van der Waals surface area contributed by atoms with Gasteiger partial charge in [0.05, 0.1) is 5.41 Å². The monoisotopic (exact) mass is 337 g/mol. The Labute approximate surface area is 128 Å². The first-order chi connectivity index (χ1) is 9.51. The Kier molecular flexibility index (Phi) is 3.63. The Morgan fingerprint density at radius 1 is 1.55 bits per heavy atom. The molecule has 1 aliphatic heterocycles. The van der Waals surface area contributed by atoms with Crippen molar-refractivity contribution in [1.29, 1.82) is 0 Å². The summed E-state index contributed by atoms with van der Waals surface area (Å²) in [6, 6.07) is 6.39. The molecule has 0 bridgehead atoms. The predicted molar refractivity (Wildman–Crippen MR) is 81.6 cm³/mol. The summed E-state index contributed by atoms with van der Waals surface area (Å²) in [5, 5.41) is 9.61. The number of aliphatic carboxylic acids is 1. The zero-order chi connectivity index (χ0) is 14.3. The Hall–Kier alpha value is -0.870. The predicted octanol–water partition coefficient (Wildman–Crippen LogP) is 3.44. The van der Waals surface area contributed by atoms with Gasteiger partial charge in [0.15, 0.2) is 0 Å². The lowest BCUT2D eigenvalue weighted by Gasteiger charge is -2.23. The fourth-order valence-corrected chi connectivity index (χ4v) is 4.17. The first kappa shape index (κ1) is 14.1. The summed E-state index contributed by atoms with van der Waals surface area (Å²) < 4.78 is 1.13. The SMILES string of the molecule is Cc1cc(CN2C[C@@H]3CCC[C@@]3(C(=O)O)C2)ccc1Br. The number of carboxylic acid groups (broad SMARTS) is 1. The lowest BCUT2D eigenvalue weighted by molar-refractivity contribution is -0.149. The Morgan fingerprint density at radius 3 is 3.00 bits per heavy atom. The van der Waals surface area contributed by atoms with Crippen molar-refractivity contribution >= 4 is 21.9 Å². The van der Waals surface area contributed by atoms with Gasteiger partial charge >= 0.3 is 5.97 Å². The minimum Gasteiger partial charge on any atom is -0.481 e. The molecule has 1 saturated heterocycles. The van der Waals surface area contributed by atoms with Gasteiger partial charge < -0.3 is 5.11 Å². The summed E-state index contributed by atoms with van der Waals surface area (Å²) >= 11 is 3.52. The number of hydrogen-bond donors (Lipinski definition) is 1. The van der Waals surface area contributed by atoms with Crippen LogP contribution in [0.25, 0.3) is 0 Å². The smallest absolute Gasteiger partial charge is 0.311 e. The lowest BCUT2D eigenvalue weighted by atomic mass is 9.81. The number of benzene rings is 1. The van der Waals surface area contributed by atoms with Crippen LogP contribution in [0.1, 0.15) is 30.4 Å². The van der Waals surface area contributed by atoms with E-state index < -0.39 is 11.4 Å². The van der Waals surface area contributed by atoms with Gasteiger partial charge in [0.1, 0.15) is 0 Å². The van der Waals surface area contributed by atoms with Gasteiger partial charge in [-0.15, -0.1) is 0 Å². The van der Waals surface area contributed by atoms with Crippen LogP contribution in [0.3, 0.4) is 0 Å². The minimum absolute atomic E-state index is 0.344. The number of fused-ring (bicyclic) bond motifs is 1. The summed E-state index contributed by atoms with van der Waals surface area (Å²) in [5.41, 5.74) is 2.03. The molecular weight excluding hydrogens is 318 g/mol. The number of carboxylic acids is 1. The van der Waals surface area contributed by atoms with Crippen LogP contribution < -0.4 is 0 Å². The van der Waals surface area contributed by atoms with Crippen LogP contribution in [0.15, 0.2) is 22.7 Å². The third-order valence-electron chi connectivity index (χ3n) is 5.00. The lowest BCUT2D eigenvalue weighted by Crippen LogP contribution is -2.35. The molecule has 3 rings (SSSR count). The highest BCUT2D eigenvalue weighted by Crippen LogP contribution is 2.49. The maximum atomic E-state index is 11.7. The van der Waals surface area contributed by atoms with E-state index in [9.17, 15) is 9.90 Å². The highest BCUT2D eigenvalue weighted by atomic mass is 79.9. The van der Waals surface area contributed by atoms with Crippen LogP contribution in [-0.2, 0) is 11.3 Å². The molecule has 1 heterocycles. The minimum atomic E-state index is -0.588. The second-order valence-electron chi connectivity index (χ2n) is 6.30. The normalized spacial score (nSPS) is 29.6. The van der Waals surface area contributed by atoms with Crippen LogP contribution >= 0.6 is 15.9 Å². The average molecular weight is 338 g/mol. The Bertz CT molecular complexity index is 545. The van der Waals surface area contributed by atoms with Crippen molar-refractivity contribution in [2.75, 3.05) is 13.1 Å². The summed E-state index contributed by atoms with van der Waals surface area (Å²) in [7, 11) is 0. The van der Waals surface area contributed by atoms with Gasteiger partial charge in [0.2, 0.25) is 0 Å². The zero-order valence-corrected chi connectivity index (χ0v) is 13.3.